The summed E-state index contributed by atoms with van der Waals surface area (Å²) in [6.45, 7) is 0. The molecule has 0 amide bonds. The molecule has 11 nitrogen and oxygen atoms in total. The SMILES string of the molecule is O=C(O)c1ccc(-n2cc(-c3cccc4c3oc3c(-c5cn(-c6ccc(C(=O)O)c(C(F)(F)F)c6)nn5)cccc34)nn2)cc1C(F)(F)F. The largest absolute Gasteiger partial charge is 0.478 e. The zero-order valence-electron chi connectivity index (χ0n) is 24.2. The molecule has 0 saturated heterocycles. The Morgan fingerprint density at radius 1 is 0.612 bits per heavy atom. The van der Waals surface area contributed by atoms with E-state index in [1.807, 2.05) is 0 Å². The molecular formula is C32H16F6N6O5. The minimum atomic E-state index is -4.94. The highest BCUT2D eigenvalue weighted by Crippen LogP contribution is 2.40. The third-order valence-electron chi connectivity index (χ3n) is 7.67. The number of alkyl halides is 6. The van der Waals surface area contributed by atoms with Crippen molar-refractivity contribution < 1.29 is 50.6 Å². The van der Waals surface area contributed by atoms with Gasteiger partial charge in [0, 0.05) is 21.9 Å². The molecule has 49 heavy (non-hydrogen) atoms. The van der Waals surface area contributed by atoms with Crippen molar-refractivity contribution >= 4 is 33.9 Å². The summed E-state index contributed by atoms with van der Waals surface area (Å²) in [4.78, 5) is 22.7. The topological polar surface area (TPSA) is 149 Å². The van der Waals surface area contributed by atoms with Crippen LogP contribution in [0.5, 0.6) is 0 Å². The molecule has 0 spiro atoms. The van der Waals surface area contributed by atoms with Gasteiger partial charge in [0.05, 0.1) is 46.0 Å². The summed E-state index contributed by atoms with van der Waals surface area (Å²) in [5, 5.41) is 35.7. The molecule has 3 aromatic heterocycles. The van der Waals surface area contributed by atoms with Gasteiger partial charge in [-0.3, -0.25) is 0 Å². The monoisotopic (exact) mass is 678 g/mol. The van der Waals surface area contributed by atoms with Gasteiger partial charge in [-0.1, -0.05) is 34.7 Å². The summed E-state index contributed by atoms with van der Waals surface area (Å²) in [5.74, 6) is -3.47. The number of nitrogens with zero attached hydrogens (tertiary/aromatic N) is 6. The lowest BCUT2D eigenvalue weighted by Crippen LogP contribution is -2.14. The van der Waals surface area contributed by atoms with E-state index >= 15 is 0 Å². The number of aromatic nitrogens is 6. The van der Waals surface area contributed by atoms with Crippen LogP contribution in [-0.4, -0.2) is 52.1 Å². The molecule has 2 N–H and O–H groups in total. The van der Waals surface area contributed by atoms with Gasteiger partial charge in [0.25, 0.3) is 0 Å². The Hall–Kier alpha value is -6.52. The number of hydrogen-bond acceptors (Lipinski definition) is 7. The molecular weight excluding hydrogens is 662 g/mol. The first kappa shape index (κ1) is 31.1. The fourth-order valence-corrected chi connectivity index (χ4v) is 5.44. The molecule has 4 aromatic carbocycles. The second-order valence-electron chi connectivity index (χ2n) is 10.6. The maximum atomic E-state index is 13.6. The maximum Gasteiger partial charge on any atom is 0.417 e. The van der Waals surface area contributed by atoms with Crippen LogP contribution in [-0.2, 0) is 12.4 Å². The van der Waals surface area contributed by atoms with Crippen molar-refractivity contribution in [1.82, 2.24) is 30.0 Å². The van der Waals surface area contributed by atoms with Gasteiger partial charge in [-0.25, -0.2) is 19.0 Å². The Morgan fingerprint density at radius 3 is 1.39 bits per heavy atom. The maximum absolute atomic E-state index is 13.6. The van der Waals surface area contributed by atoms with E-state index in [4.69, 9.17) is 4.42 Å². The van der Waals surface area contributed by atoms with Crippen LogP contribution >= 0.6 is 0 Å². The first-order valence-electron chi connectivity index (χ1n) is 13.9. The Labute approximate surface area is 268 Å². The Kier molecular flexibility index (Phi) is 7.00. The summed E-state index contributed by atoms with van der Waals surface area (Å²) in [5.41, 5.74) is -2.75. The second kappa shape index (κ2) is 11.0. The van der Waals surface area contributed by atoms with Gasteiger partial charge < -0.3 is 14.6 Å². The average Bonchev–Trinajstić information content (AvgIpc) is 3.82. The lowest BCUT2D eigenvalue weighted by molar-refractivity contribution is -0.138. The molecule has 17 heteroatoms. The van der Waals surface area contributed by atoms with E-state index in [0.717, 1.165) is 21.5 Å². The quantitative estimate of drug-likeness (QED) is 0.170. The van der Waals surface area contributed by atoms with Gasteiger partial charge in [-0.15, -0.1) is 10.2 Å². The highest BCUT2D eigenvalue weighted by atomic mass is 19.4. The van der Waals surface area contributed by atoms with Crippen LogP contribution in [0.15, 0.2) is 89.6 Å². The van der Waals surface area contributed by atoms with E-state index in [0.29, 0.717) is 45.2 Å². The van der Waals surface area contributed by atoms with Crippen LogP contribution in [0.3, 0.4) is 0 Å². The number of carbonyl (C=O) groups is 2. The lowest BCUT2D eigenvalue weighted by atomic mass is 10.0. The van der Waals surface area contributed by atoms with Gasteiger partial charge >= 0.3 is 24.3 Å². The van der Waals surface area contributed by atoms with Crippen molar-refractivity contribution in [3.05, 3.63) is 107 Å². The average molecular weight is 679 g/mol. The van der Waals surface area contributed by atoms with Gasteiger partial charge in [0.2, 0.25) is 0 Å². The van der Waals surface area contributed by atoms with Crippen molar-refractivity contribution in [2.45, 2.75) is 12.4 Å². The number of carboxylic acids is 2. The van der Waals surface area contributed by atoms with Gasteiger partial charge in [0.1, 0.15) is 22.6 Å². The summed E-state index contributed by atoms with van der Waals surface area (Å²) in [7, 11) is 0. The number of furan rings is 1. The predicted molar refractivity (Wildman–Crippen MR) is 158 cm³/mol. The number of fused-ring (bicyclic) bond motifs is 3. The van der Waals surface area contributed by atoms with Crippen LogP contribution in [0.2, 0.25) is 0 Å². The van der Waals surface area contributed by atoms with E-state index in [1.54, 1.807) is 36.4 Å². The molecule has 7 rings (SSSR count). The number of para-hydroxylation sites is 2. The number of carboxylic acid groups (broad SMARTS) is 2. The number of benzene rings is 4. The molecule has 0 saturated carbocycles. The smallest absolute Gasteiger partial charge is 0.417 e. The Bertz CT molecular complexity index is 2290. The van der Waals surface area contributed by atoms with Crippen molar-refractivity contribution in [2.24, 2.45) is 0 Å². The van der Waals surface area contributed by atoms with Gasteiger partial charge in [0.15, 0.2) is 0 Å². The first-order chi connectivity index (χ1) is 23.2. The molecule has 0 radical (unpaired) electrons. The first-order valence-corrected chi connectivity index (χ1v) is 13.9. The van der Waals surface area contributed by atoms with Crippen molar-refractivity contribution in [2.75, 3.05) is 0 Å². The molecule has 0 aliphatic rings. The van der Waals surface area contributed by atoms with E-state index < -0.39 is 46.5 Å². The number of hydrogen-bond donors (Lipinski definition) is 2. The third kappa shape index (κ3) is 5.39. The number of rotatable bonds is 6. The standard InChI is InChI=1S/C32H16F6N6O5/c33-31(34,35)23-11-15(7-9-19(23)29(45)46)43-13-25(39-41-43)21-5-1-3-17-18-4-2-6-22(28(18)49-27(17)21)26-14-44(42-40-26)16-8-10-20(30(47)48)24(12-16)32(36,37)38/h1-14H,(H,45,46)(H,47,48). The number of halogens is 6. The molecule has 0 atom stereocenters. The zero-order chi connectivity index (χ0) is 34.8. The zero-order valence-corrected chi connectivity index (χ0v) is 24.2. The van der Waals surface area contributed by atoms with E-state index in [9.17, 15) is 46.1 Å². The van der Waals surface area contributed by atoms with Crippen LogP contribution in [0.1, 0.15) is 31.8 Å². The van der Waals surface area contributed by atoms with Crippen LogP contribution in [0.25, 0.3) is 55.8 Å². The Balaban J connectivity index is 1.28. The molecule has 0 fully saturated rings. The van der Waals surface area contributed by atoms with Crippen LogP contribution < -0.4 is 0 Å². The fraction of sp³-hybridized carbons (Fsp3) is 0.0625. The Morgan fingerprint density at radius 2 is 1.02 bits per heavy atom. The molecule has 246 valence electrons. The molecule has 7 aromatic rings. The normalized spacial score (nSPS) is 12.2. The van der Waals surface area contributed by atoms with E-state index in [-0.39, 0.29) is 22.8 Å². The highest BCUT2D eigenvalue weighted by molar-refractivity contribution is 6.12. The summed E-state index contributed by atoms with van der Waals surface area (Å²) >= 11 is 0. The van der Waals surface area contributed by atoms with Gasteiger partial charge in [-0.2, -0.15) is 26.3 Å². The van der Waals surface area contributed by atoms with Crippen LogP contribution in [0, 0.1) is 0 Å². The minimum Gasteiger partial charge on any atom is -0.478 e. The minimum absolute atomic E-state index is 0.0850. The molecule has 3 heterocycles. The van der Waals surface area contributed by atoms with Gasteiger partial charge in [-0.05, 0) is 48.5 Å². The third-order valence-corrected chi connectivity index (χ3v) is 7.67. The summed E-state index contributed by atoms with van der Waals surface area (Å²) < 4.78 is 90.0. The molecule has 0 aliphatic heterocycles. The number of aromatic carboxylic acids is 2. The fourth-order valence-electron chi connectivity index (χ4n) is 5.44. The van der Waals surface area contributed by atoms with E-state index in [2.05, 4.69) is 20.6 Å². The summed E-state index contributed by atoms with van der Waals surface area (Å²) in [6, 6.07) is 15.6. The van der Waals surface area contributed by atoms with Crippen molar-refractivity contribution in [3.8, 4) is 33.9 Å². The highest BCUT2D eigenvalue weighted by Gasteiger charge is 2.37. The van der Waals surface area contributed by atoms with Crippen LogP contribution in [0.4, 0.5) is 26.3 Å². The molecule has 0 aliphatic carbocycles. The molecule has 0 unspecified atom stereocenters. The summed E-state index contributed by atoms with van der Waals surface area (Å²) in [6.07, 6.45) is -7.16. The molecule has 0 bridgehead atoms. The van der Waals surface area contributed by atoms with E-state index in [1.165, 1.54) is 24.5 Å². The predicted octanol–water partition coefficient (Wildman–Crippen LogP) is 7.52. The second-order valence-corrected chi connectivity index (χ2v) is 10.6. The van der Waals surface area contributed by atoms with Crippen molar-refractivity contribution in [3.63, 3.8) is 0 Å². The van der Waals surface area contributed by atoms with Crippen molar-refractivity contribution in [1.29, 1.82) is 0 Å². The lowest BCUT2D eigenvalue weighted by Gasteiger charge is -2.11.